The molecule has 102 valence electrons. The Hall–Kier alpha value is -0.980. The summed E-state index contributed by atoms with van der Waals surface area (Å²) >= 11 is 0. The van der Waals surface area contributed by atoms with E-state index in [9.17, 15) is 0 Å². The lowest BCUT2D eigenvalue weighted by Gasteiger charge is -2.25. The van der Waals surface area contributed by atoms with Crippen LogP contribution in [0.2, 0.25) is 0 Å². The van der Waals surface area contributed by atoms with Crippen LogP contribution in [0.15, 0.2) is 4.52 Å². The molecule has 2 heterocycles. The average molecular weight is 254 g/mol. The Balaban J connectivity index is 1.71. The van der Waals surface area contributed by atoms with E-state index < -0.39 is 0 Å². The highest BCUT2D eigenvalue weighted by Crippen LogP contribution is 2.04. The molecule has 18 heavy (non-hydrogen) atoms. The van der Waals surface area contributed by atoms with Crippen molar-refractivity contribution in [3.8, 4) is 0 Å². The first-order valence-corrected chi connectivity index (χ1v) is 6.70. The first-order chi connectivity index (χ1) is 8.88. The Bertz CT molecular complexity index is 337. The maximum absolute atomic E-state index is 5.40. The molecule has 0 radical (unpaired) electrons. The van der Waals surface area contributed by atoms with Gasteiger partial charge in [0.15, 0.2) is 5.82 Å². The smallest absolute Gasteiger partial charge is 0.229 e. The molecule has 6 heteroatoms. The van der Waals surface area contributed by atoms with Gasteiger partial charge in [-0.15, -0.1) is 0 Å². The van der Waals surface area contributed by atoms with Crippen molar-refractivity contribution in [3.63, 3.8) is 0 Å². The van der Waals surface area contributed by atoms with Gasteiger partial charge < -0.3 is 14.6 Å². The van der Waals surface area contributed by atoms with E-state index >= 15 is 0 Å². The van der Waals surface area contributed by atoms with Crippen LogP contribution in [0.5, 0.6) is 0 Å². The van der Waals surface area contributed by atoms with Gasteiger partial charge in [-0.1, -0.05) is 12.1 Å². The summed E-state index contributed by atoms with van der Waals surface area (Å²) in [4.78, 5) is 6.71. The van der Waals surface area contributed by atoms with Crippen LogP contribution in [0.1, 0.15) is 25.1 Å². The van der Waals surface area contributed by atoms with Crippen molar-refractivity contribution in [1.29, 1.82) is 0 Å². The summed E-state index contributed by atoms with van der Waals surface area (Å²) in [6.07, 6.45) is 1.74. The fourth-order valence-corrected chi connectivity index (χ4v) is 1.93. The molecule has 0 aromatic carbocycles. The SMILES string of the molecule is CCCOCCc1nc(CN2CCNCC2)no1. The normalized spacial score (nSPS) is 17.2. The van der Waals surface area contributed by atoms with Gasteiger partial charge >= 0.3 is 0 Å². The number of hydrogen-bond acceptors (Lipinski definition) is 6. The number of hydrogen-bond donors (Lipinski definition) is 1. The summed E-state index contributed by atoms with van der Waals surface area (Å²) in [5.41, 5.74) is 0. The molecule has 0 spiro atoms. The highest BCUT2D eigenvalue weighted by Gasteiger charge is 2.13. The Kier molecular flexibility index (Phi) is 5.57. The highest BCUT2D eigenvalue weighted by atomic mass is 16.5. The third-order valence-corrected chi connectivity index (χ3v) is 2.89. The molecule has 1 aromatic rings. The summed E-state index contributed by atoms with van der Waals surface area (Å²) < 4.78 is 10.6. The summed E-state index contributed by atoms with van der Waals surface area (Å²) in [6, 6.07) is 0. The molecule has 6 nitrogen and oxygen atoms in total. The van der Waals surface area contributed by atoms with E-state index in [1.165, 1.54) is 0 Å². The molecule has 0 bridgehead atoms. The zero-order valence-electron chi connectivity index (χ0n) is 11.0. The van der Waals surface area contributed by atoms with Crippen molar-refractivity contribution in [1.82, 2.24) is 20.4 Å². The van der Waals surface area contributed by atoms with Crippen molar-refractivity contribution in [2.45, 2.75) is 26.3 Å². The Morgan fingerprint density at radius 2 is 2.17 bits per heavy atom. The van der Waals surface area contributed by atoms with Gasteiger partial charge in [0.1, 0.15) is 0 Å². The van der Waals surface area contributed by atoms with E-state index in [0.717, 1.165) is 51.6 Å². The van der Waals surface area contributed by atoms with Gasteiger partial charge in [-0.3, -0.25) is 4.90 Å². The van der Waals surface area contributed by atoms with E-state index in [1.807, 2.05) is 0 Å². The number of nitrogens with one attached hydrogen (secondary N) is 1. The predicted molar refractivity (Wildman–Crippen MR) is 67.3 cm³/mol. The van der Waals surface area contributed by atoms with E-state index in [-0.39, 0.29) is 0 Å². The molecule has 1 aromatic heterocycles. The number of rotatable bonds is 7. The standard InChI is InChI=1S/C12H22N4O2/c1-2-8-17-9-3-12-14-11(15-18-12)10-16-6-4-13-5-7-16/h13H,2-10H2,1H3. The molecule has 1 aliphatic heterocycles. The van der Waals surface area contributed by atoms with Crippen LogP contribution < -0.4 is 5.32 Å². The molecule has 2 rings (SSSR count). The van der Waals surface area contributed by atoms with E-state index in [2.05, 4.69) is 27.3 Å². The number of piperazine rings is 1. The summed E-state index contributed by atoms with van der Waals surface area (Å²) in [7, 11) is 0. The third kappa shape index (κ3) is 4.36. The maximum atomic E-state index is 5.40. The average Bonchev–Trinajstić information content (AvgIpc) is 2.84. The number of ether oxygens (including phenoxy) is 1. The minimum absolute atomic E-state index is 0.656. The minimum Gasteiger partial charge on any atom is -0.381 e. The van der Waals surface area contributed by atoms with Gasteiger partial charge in [0.05, 0.1) is 19.6 Å². The van der Waals surface area contributed by atoms with Gasteiger partial charge in [0.25, 0.3) is 0 Å². The van der Waals surface area contributed by atoms with Crippen molar-refractivity contribution in [2.75, 3.05) is 39.4 Å². The van der Waals surface area contributed by atoms with Crippen molar-refractivity contribution in [3.05, 3.63) is 11.7 Å². The molecule has 1 N–H and O–H groups in total. The molecule has 0 amide bonds. The van der Waals surface area contributed by atoms with Crippen LogP contribution in [-0.2, 0) is 17.7 Å². The van der Waals surface area contributed by atoms with Crippen LogP contribution in [0.4, 0.5) is 0 Å². The fourth-order valence-electron chi connectivity index (χ4n) is 1.93. The van der Waals surface area contributed by atoms with Crippen LogP contribution in [-0.4, -0.2) is 54.4 Å². The lowest BCUT2D eigenvalue weighted by atomic mass is 10.3. The molecular weight excluding hydrogens is 232 g/mol. The molecule has 0 aliphatic carbocycles. The molecule has 1 saturated heterocycles. The molecule has 0 saturated carbocycles. The minimum atomic E-state index is 0.656. The predicted octanol–water partition coefficient (Wildman–Crippen LogP) is 0.444. The first-order valence-electron chi connectivity index (χ1n) is 6.70. The lowest BCUT2D eigenvalue weighted by Crippen LogP contribution is -2.43. The Labute approximate surface area is 108 Å². The van der Waals surface area contributed by atoms with Crippen molar-refractivity contribution < 1.29 is 9.26 Å². The Morgan fingerprint density at radius 3 is 2.94 bits per heavy atom. The fraction of sp³-hybridized carbons (Fsp3) is 0.833. The van der Waals surface area contributed by atoms with Gasteiger partial charge in [0, 0.05) is 32.8 Å². The van der Waals surface area contributed by atoms with E-state index in [4.69, 9.17) is 9.26 Å². The van der Waals surface area contributed by atoms with Crippen molar-refractivity contribution in [2.24, 2.45) is 0 Å². The second-order valence-electron chi connectivity index (χ2n) is 4.49. The lowest BCUT2D eigenvalue weighted by molar-refractivity contribution is 0.132. The first kappa shape index (κ1) is 13.5. The van der Waals surface area contributed by atoms with Gasteiger partial charge in [-0.05, 0) is 6.42 Å². The maximum Gasteiger partial charge on any atom is 0.229 e. The molecule has 1 aliphatic rings. The molecular formula is C12H22N4O2. The monoisotopic (exact) mass is 254 g/mol. The number of nitrogens with zero attached hydrogens (tertiary/aromatic N) is 3. The summed E-state index contributed by atoms with van der Waals surface area (Å²) in [5.74, 6) is 1.46. The molecule has 1 fully saturated rings. The van der Waals surface area contributed by atoms with E-state index in [1.54, 1.807) is 0 Å². The van der Waals surface area contributed by atoms with Gasteiger partial charge in [-0.25, -0.2) is 0 Å². The van der Waals surface area contributed by atoms with Crippen LogP contribution in [0, 0.1) is 0 Å². The topological polar surface area (TPSA) is 63.4 Å². The summed E-state index contributed by atoms with van der Waals surface area (Å²) in [6.45, 7) is 8.49. The second kappa shape index (κ2) is 7.45. The third-order valence-electron chi connectivity index (χ3n) is 2.89. The number of aromatic nitrogens is 2. The second-order valence-corrected chi connectivity index (χ2v) is 4.49. The molecule has 0 unspecified atom stereocenters. The summed E-state index contributed by atoms with van der Waals surface area (Å²) in [5, 5.41) is 7.33. The largest absolute Gasteiger partial charge is 0.381 e. The van der Waals surface area contributed by atoms with Gasteiger partial charge in [0.2, 0.25) is 5.89 Å². The zero-order valence-corrected chi connectivity index (χ0v) is 11.0. The van der Waals surface area contributed by atoms with Crippen LogP contribution >= 0.6 is 0 Å². The van der Waals surface area contributed by atoms with E-state index in [0.29, 0.717) is 18.9 Å². The zero-order chi connectivity index (χ0) is 12.6. The van der Waals surface area contributed by atoms with Gasteiger partial charge in [-0.2, -0.15) is 4.98 Å². The van der Waals surface area contributed by atoms with Crippen molar-refractivity contribution >= 4 is 0 Å². The quantitative estimate of drug-likeness (QED) is 0.713. The van der Waals surface area contributed by atoms with Crippen LogP contribution in [0.3, 0.4) is 0 Å². The molecule has 0 atom stereocenters. The Morgan fingerprint density at radius 1 is 1.33 bits per heavy atom. The highest BCUT2D eigenvalue weighted by molar-refractivity contribution is 4.87. The van der Waals surface area contributed by atoms with Crippen LogP contribution in [0.25, 0.3) is 0 Å².